The quantitative estimate of drug-likeness (QED) is 0.581. The normalized spacial score (nSPS) is 15.7. The average Bonchev–Trinajstić information content (AvgIpc) is 2.89. The van der Waals surface area contributed by atoms with E-state index in [2.05, 4.69) is 46.6 Å². The zero-order valence-corrected chi connectivity index (χ0v) is 14.3. The largest absolute Gasteiger partial charge is 0.504 e. The number of ether oxygens (including phenoxy) is 1. The Morgan fingerprint density at radius 2 is 2.04 bits per heavy atom. The molecule has 0 fully saturated rings. The Morgan fingerprint density at radius 3 is 2.84 bits per heavy atom. The van der Waals surface area contributed by atoms with Crippen molar-refractivity contribution >= 4 is 28.6 Å². The third-order valence-electron chi connectivity index (χ3n) is 4.70. The van der Waals surface area contributed by atoms with Crippen molar-refractivity contribution in [2.45, 2.75) is 20.0 Å². The molecule has 0 saturated heterocycles. The van der Waals surface area contributed by atoms with E-state index in [0.717, 1.165) is 22.5 Å². The lowest BCUT2D eigenvalue weighted by molar-refractivity contribution is 0.373. The highest BCUT2D eigenvalue weighted by Crippen LogP contribution is 2.38. The molecule has 0 bridgehead atoms. The maximum Gasteiger partial charge on any atom is 0.161 e. The van der Waals surface area contributed by atoms with Crippen molar-refractivity contribution in [2.75, 3.05) is 17.7 Å². The molecule has 3 aromatic rings. The van der Waals surface area contributed by atoms with E-state index in [0.29, 0.717) is 5.75 Å². The topological polar surface area (TPSA) is 81.7 Å². The van der Waals surface area contributed by atoms with Crippen LogP contribution in [0.2, 0.25) is 0 Å². The molecule has 1 unspecified atom stereocenters. The smallest absolute Gasteiger partial charge is 0.161 e. The monoisotopic (exact) mass is 336 g/mol. The van der Waals surface area contributed by atoms with Gasteiger partial charge < -0.3 is 25.5 Å². The Labute approximate surface area is 145 Å². The molecule has 25 heavy (non-hydrogen) atoms. The molecule has 1 atom stereocenters. The van der Waals surface area contributed by atoms with E-state index in [4.69, 9.17) is 4.74 Å². The van der Waals surface area contributed by atoms with Gasteiger partial charge in [-0.1, -0.05) is 0 Å². The number of aromatic nitrogens is 1. The molecule has 4 rings (SSSR count). The summed E-state index contributed by atoms with van der Waals surface area (Å²) in [6, 6.07) is 9.68. The zero-order valence-electron chi connectivity index (χ0n) is 14.3. The molecule has 0 amide bonds. The number of nitrogens with zero attached hydrogens (tertiary/aromatic N) is 1. The van der Waals surface area contributed by atoms with Gasteiger partial charge in [-0.2, -0.15) is 0 Å². The average molecular weight is 336 g/mol. The SMILES string of the molecule is COc1cc2c(cc1O)NC=NC2Nc1ccc2[nH]c(C)c(C)c2c1. The lowest BCUT2D eigenvalue weighted by atomic mass is 10.1. The van der Waals surface area contributed by atoms with Crippen molar-refractivity contribution in [1.29, 1.82) is 0 Å². The second-order valence-corrected chi connectivity index (χ2v) is 6.22. The maximum absolute atomic E-state index is 9.96. The first-order chi connectivity index (χ1) is 12.1. The first kappa shape index (κ1) is 15.4. The van der Waals surface area contributed by atoms with E-state index in [9.17, 15) is 5.11 Å². The summed E-state index contributed by atoms with van der Waals surface area (Å²) < 4.78 is 5.22. The van der Waals surface area contributed by atoms with E-state index >= 15 is 0 Å². The van der Waals surface area contributed by atoms with Crippen molar-refractivity contribution in [3.63, 3.8) is 0 Å². The molecule has 6 nitrogen and oxygen atoms in total. The highest BCUT2D eigenvalue weighted by atomic mass is 16.5. The minimum atomic E-state index is -0.261. The summed E-state index contributed by atoms with van der Waals surface area (Å²) >= 11 is 0. The number of anilines is 2. The number of hydrogen-bond acceptors (Lipinski definition) is 5. The third-order valence-corrected chi connectivity index (χ3v) is 4.70. The van der Waals surface area contributed by atoms with Gasteiger partial charge in [0.05, 0.1) is 19.1 Å². The fourth-order valence-electron chi connectivity index (χ4n) is 3.18. The van der Waals surface area contributed by atoms with Crippen molar-refractivity contribution in [2.24, 2.45) is 4.99 Å². The number of aryl methyl sites for hydroxylation is 2. The van der Waals surface area contributed by atoms with Gasteiger partial charge in [-0.15, -0.1) is 0 Å². The van der Waals surface area contributed by atoms with Crippen molar-refractivity contribution in [3.05, 3.63) is 47.2 Å². The van der Waals surface area contributed by atoms with Gasteiger partial charge in [0.2, 0.25) is 0 Å². The Morgan fingerprint density at radius 1 is 1.20 bits per heavy atom. The van der Waals surface area contributed by atoms with Gasteiger partial charge in [-0.25, -0.2) is 4.99 Å². The van der Waals surface area contributed by atoms with Crippen molar-refractivity contribution < 1.29 is 9.84 Å². The molecule has 1 aromatic heterocycles. The number of aromatic hydroxyl groups is 1. The van der Waals surface area contributed by atoms with Crippen LogP contribution in [0.25, 0.3) is 10.9 Å². The number of hydrogen-bond donors (Lipinski definition) is 4. The van der Waals surface area contributed by atoms with Crippen LogP contribution in [0.5, 0.6) is 11.5 Å². The van der Waals surface area contributed by atoms with Crippen LogP contribution >= 0.6 is 0 Å². The lowest BCUT2D eigenvalue weighted by Crippen LogP contribution is -2.17. The number of nitrogens with one attached hydrogen (secondary N) is 3. The van der Waals surface area contributed by atoms with Crippen LogP contribution in [-0.2, 0) is 0 Å². The molecule has 1 aliphatic heterocycles. The summed E-state index contributed by atoms with van der Waals surface area (Å²) in [6.45, 7) is 4.19. The highest BCUT2D eigenvalue weighted by molar-refractivity contribution is 5.88. The summed E-state index contributed by atoms with van der Waals surface area (Å²) in [4.78, 5) is 7.87. The molecular weight excluding hydrogens is 316 g/mol. The van der Waals surface area contributed by atoms with Gasteiger partial charge in [-0.05, 0) is 43.7 Å². The summed E-state index contributed by atoms with van der Waals surface area (Å²) in [6.07, 6.45) is 1.37. The van der Waals surface area contributed by atoms with Crippen LogP contribution in [0.15, 0.2) is 35.3 Å². The Bertz CT molecular complexity index is 991. The number of fused-ring (bicyclic) bond motifs is 2. The van der Waals surface area contributed by atoms with Gasteiger partial charge in [0.25, 0.3) is 0 Å². The van der Waals surface area contributed by atoms with E-state index in [1.165, 1.54) is 23.8 Å². The van der Waals surface area contributed by atoms with Crippen LogP contribution < -0.4 is 15.4 Å². The number of H-pyrrole nitrogens is 1. The van der Waals surface area contributed by atoms with Crippen LogP contribution in [-0.4, -0.2) is 23.5 Å². The van der Waals surface area contributed by atoms with Gasteiger partial charge in [0.15, 0.2) is 11.5 Å². The number of methoxy groups -OCH3 is 1. The number of aromatic amines is 1. The lowest BCUT2D eigenvalue weighted by Gasteiger charge is -2.24. The van der Waals surface area contributed by atoms with Gasteiger partial charge in [0.1, 0.15) is 6.17 Å². The molecule has 0 spiro atoms. The minimum Gasteiger partial charge on any atom is -0.504 e. The summed E-state index contributed by atoms with van der Waals surface area (Å²) in [7, 11) is 1.54. The molecule has 1 aliphatic rings. The number of rotatable bonds is 3. The Kier molecular flexibility index (Phi) is 3.53. The number of benzene rings is 2. The second-order valence-electron chi connectivity index (χ2n) is 6.22. The second kappa shape index (κ2) is 5.73. The van der Waals surface area contributed by atoms with Crippen molar-refractivity contribution in [3.8, 4) is 11.5 Å². The molecular formula is C19H20N4O2. The Balaban J connectivity index is 1.71. The van der Waals surface area contributed by atoms with Crippen LogP contribution in [0.3, 0.4) is 0 Å². The first-order valence-corrected chi connectivity index (χ1v) is 8.11. The van der Waals surface area contributed by atoms with E-state index in [1.54, 1.807) is 18.5 Å². The third kappa shape index (κ3) is 2.55. The predicted molar refractivity (Wildman–Crippen MR) is 101 cm³/mol. The zero-order chi connectivity index (χ0) is 17.6. The standard InChI is InChI=1S/C19H20N4O2/c1-10-11(2)22-15-5-4-12(6-13(10)15)23-19-14-7-18(25-3)17(24)8-16(14)20-9-21-19/h4-9,19,22-24H,1-3H3,(H,20,21). The number of phenolic OH excluding ortho intramolecular Hbond substituents is 1. The summed E-state index contributed by atoms with van der Waals surface area (Å²) in [5, 5.41) is 17.7. The molecule has 0 saturated carbocycles. The minimum absolute atomic E-state index is 0.0997. The predicted octanol–water partition coefficient (Wildman–Crippen LogP) is 4.06. The van der Waals surface area contributed by atoms with Gasteiger partial charge >= 0.3 is 0 Å². The Hall–Kier alpha value is -3.15. The highest BCUT2D eigenvalue weighted by Gasteiger charge is 2.20. The summed E-state index contributed by atoms with van der Waals surface area (Å²) in [5.41, 5.74) is 6.26. The van der Waals surface area contributed by atoms with Crippen molar-refractivity contribution in [1.82, 2.24) is 4.98 Å². The molecule has 0 aliphatic carbocycles. The van der Waals surface area contributed by atoms with E-state index < -0.39 is 0 Å². The fourth-order valence-corrected chi connectivity index (χ4v) is 3.18. The number of phenols is 1. The molecule has 4 N–H and O–H groups in total. The number of aliphatic imine (C=N–C) groups is 1. The van der Waals surface area contributed by atoms with Crippen LogP contribution in [0.4, 0.5) is 11.4 Å². The first-order valence-electron chi connectivity index (χ1n) is 8.11. The molecule has 128 valence electrons. The molecule has 2 aromatic carbocycles. The van der Waals surface area contributed by atoms with Crippen LogP contribution in [0, 0.1) is 13.8 Å². The van der Waals surface area contributed by atoms with Gasteiger partial charge in [0, 0.05) is 33.9 Å². The van der Waals surface area contributed by atoms with Gasteiger partial charge in [-0.3, -0.25) is 0 Å². The van der Waals surface area contributed by atoms with E-state index in [-0.39, 0.29) is 11.9 Å². The molecule has 6 heteroatoms. The fraction of sp³-hybridized carbons (Fsp3) is 0.211. The molecule has 2 heterocycles. The van der Waals surface area contributed by atoms with E-state index in [1.807, 2.05) is 6.07 Å². The maximum atomic E-state index is 9.96. The summed E-state index contributed by atoms with van der Waals surface area (Å²) in [5.74, 6) is 0.527. The molecule has 0 radical (unpaired) electrons. The van der Waals surface area contributed by atoms with Crippen LogP contribution in [0.1, 0.15) is 23.0 Å².